The van der Waals surface area contributed by atoms with Crippen LogP contribution in [0.1, 0.15) is 20.3 Å². The Balaban J connectivity index is 1.59. The molecule has 0 aliphatic carbocycles. The Hall–Kier alpha value is -2.28. The first-order valence-corrected chi connectivity index (χ1v) is 10.2. The van der Waals surface area contributed by atoms with Gasteiger partial charge in [0.05, 0.1) is 18.6 Å². The Labute approximate surface area is 164 Å². The van der Waals surface area contributed by atoms with Crippen molar-refractivity contribution in [2.24, 2.45) is 11.8 Å². The van der Waals surface area contributed by atoms with Gasteiger partial charge in [0.25, 0.3) is 0 Å². The van der Waals surface area contributed by atoms with Gasteiger partial charge in [-0.1, -0.05) is 37.7 Å². The zero-order valence-corrected chi connectivity index (χ0v) is 16.8. The number of benzene rings is 1. The Morgan fingerprint density at radius 3 is 2.74 bits per heavy atom. The zero-order valence-electron chi connectivity index (χ0n) is 16.0. The fraction of sp³-hybridized carbons (Fsp3) is 0.450. The number of carbonyl (C=O) groups excluding carboxylic acids is 1. The molecule has 1 aromatic heterocycles. The van der Waals surface area contributed by atoms with Crippen molar-refractivity contribution in [3.63, 3.8) is 0 Å². The van der Waals surface area contributed by atoms with E-state index in [0.717, 1.165) is 18.9 Å². The number of ether oxygens (including phenoxy) is 1. The minimum Gasteiger partial charge on any atom is -0.495 e. The highest BCUT2D eigenvalue weighted by Gasteiger charge is 2.23. The zero-order chi connectivity index (χ0) is 19.2. The number of amides is 1. The highest BCUT2D eigenvalue weighted by atomic mass is 32.2. The summed E-state index contributed by atoms with van der Waals surface area (Å²) in [5.41, 5.74) is 0.663. The van der Waals surface area contributed by atoms with E-state index < -0.39 is 0 Å². The molecule has 3 rings (SSSR count). The first-order valence-electron chi connectivity index (χ1n) is 9.18. The van der Waals surface area contributed by atoms with E-state index in [1.807, 2.05) is 30.3 Å². The van der Waals surface area contributed by atoms with Crippen LogP contribution in [0.3, 0.4) is 0 Å². The molecule has 1 N–H and O–H groups in total. The first kappa shape index (κ1) is 19.5. The molecule has 0 radical (unpaired) electrons. The molecular formula is C20H26N4O2S. The van der Waals surface area contributed by atoms with Crippen LogP contribution in [0.5, 0.6) is 5.75 Å². The van der Waals surface area contributed by atoms with Crippen molar-refractivity contribution in [1.29, 1.82) is 0 Å². The maximum atomic E-state index is 12.3. The van der Waals surface area contributed by atoms with Crippen LogP contribution in [0.4, 0.5) is 11.5 Å². The lowest BCUT2D eigenvalue weighted by Crippen LogP contribution is -2.39. The van der Waals surface area contributed by atoms with E-state index in [2.05, 4.69) is 34.0 Å². The van der Waals surface area contributed by atoms with Gasteiger partial charge >= 0.3 is 0 Å². The molecule has 1 amide bonds. The molecule has 0 saturated carbocycles. The predicted molar refractivity (Wildman–Crippen MR) is 110 cm³/mol. The topological polar surface area (TPSA) is 67.3 Å². The van der Waals surface area contributed by atoms with Crippen molar-refractivity contribution in [1.82, 2.24) is 9.97 Å². The number of aromatic nitrogens is 2. The summed E-state index contributed by atoms with van der Waals surface area (Å²) in [6, 6.07) is 9.31. The molecule has 2 unspecified atom stereocenters. The van der Waals surface area contributed by atoms with Crippen LogP contribution in [0.2, 0.25) is 0 Å². The summed E-state index contributed by atoms with van der Waals surface area (Å²) in [4.78, 5) is 23.5. The third-order valence-corrected chi connectivity index (χ3v) is 5.39. The SMILES string of the molecule is COc1ccccc1NC(=O)CSc1nccc(N2CC(C)CC(C)C2)n1. The largest absolute Gasteiger partial charge is 0.495 e. The summed E-state index contributed by atoms with van der Waals surface area (Å²) in [7, 11) is 1.58. The number of piperidine rings is 1. The Bertz CT molecular complexity index is 776. The van der Waals surface area contributed by atoms with E-state index in [4.69, 9.17) is 4.74 Å². The van der Waals surface area contributed by atoms with Crippen LogP contribution in [0.15, 0.2) is 41.7 Å². The second-order valence-electron chi connectivity index (χ2n) is 7.09. The molecule has 2 aromatic rings. The van der Waals surface area contributed by atoms with Crippen LogP contribution in [0.25, 0.3) is 0 Å². The number of carbonyl (C=O) groups is 1. The van der Waals surface area contributed by atoms with Crippen LogP contribution in [-0.2, 0) is 4.79 Å². The van der Waals surface area contributed by atoms with Crippen molar-refractivity contribution in [2.45, 2.75) is 25.4 Å². The number of methoxy groups -OCH3 is 1. The average Bonchev–Trinajstić information content (AvgIpc) is 2.66. The molecule has 27 heavy (non-hydrogen) atoms. The molecule has 144 valence electrons. The van der Waals surface area contributed by atoms with E-state index in [1.165, 1.54) is 18.2 Å². The third-order valence-electron chi connectivity index (χ3n) is 4.53. The number of thioether (sulfide) groups is 1. The van der Waals surface area contributed by atoms with Crippen molar-refractivity contribution in [2.75, 3.05) is 36.2 Å². The van der Waals surface area contributed by atoms with Gasteiger partial charge in [-0.3, -0.25) is 4.79 Å². The van der Waals surface area contributed by atoms with Crippen LogP contribution in [0, 0.1) is 11.8 Å². The Kier molecular flexibility index (Phi) is 6.55. The second-order valence-corrected chi connectivity index (χ2v) is 8.03. The molecule has 7 heteroatoms. The van der Waals surface area contributed by atoms with E-state index in [1.54, 1.807) is 13.3 Å². The number of anilines is 2. The van der Waals surface area contributed by atoms with Gasteiger partial charge < -0.3 is 15.0 Å². The van der Waals surface area contributed by atoms with Gasteiger partial charge in [0, 0.05) is 19.3 Å². The van der Waals surface area contributed by atoms with Crippen molar-refractivity contribution in [3.8, 4) is 5.75 Å². The van der Waals surface area contributed by atoms with Crippen molar-refractivity contribution < 1.29 is 9.53 Å². The second kappa shape index (κ2) is 9.08. The molecule has 2 atom stereocenters. The molecule has 1 aliphatic rings. The fourth-order valence-electron chi connectivity index (χ4n) is 3.49. The van der Waals surface area contributed by atoms with E-state index in [0.29, 0.717) is 28.4 Å². The maximum Gasteiger partial charge on any atom is 0.234 e. The number of nitrogens with one attached hydrogen (secondary N) is 1. The normalized spacial score (nSPS) is 19.6. The van der Waals surface area contributed by atoms with Crippen LogP contribution in [-0.4, -0.2) is 41.8 Å². The molecular weight excluding hydrogens is 360 g/mol. The average molecular weight is 387 g/mol. The fourth-order valence-corrected chi connectivity index (χ4v) is 4.12. The highest BCUT2D eigenvalue weighted by molar-refractivity contribution is 7.99. The number of hydrogen-bond acceptors (Lipinski definition) is 6. The number of para-hydroxylation sites is 2. The lowest BCUT2D eigenvalue weighted by molar-refractivity contribution is -0.113. The smallest absolute Gasteiger partial charge is 0.234 e. The van der Waals surface area contributed by atoms with Gasteiger partial charge in [-0.15, -0.1) is 0 Å². The summed E-state index contributed by atoms with van der Waals surface area (Å²) in [5.74, 6) is 3.03. The molecule has 6 nitrogen and oxygen atoms in total. The molecule has 1 aromatic carbocycles. The predicted octanol–water partition coefficient (Wildman–Crippen LogP) is 3.70. The van der Waals surface area contributed by atoms with Gasteiger partial charge in [-0.05, 0) is 36.5 Å². The van der Waals surface area contributed by atoms with E-state index in [-0.39, 0.29) is 11.7 Å². The molecule has 1 aliphatic heterocycles. The van der Waals surface area contributed by atoms with Crippen molar-refractivity contribution >= 4 is 29.2 Å². The van der Waals surface area contributed by atoms with Gasteiger partial charge in [0.15, 0.2) is 5.16 Å². The van der Waals surface area contributed by atoms with Crippen LogP contribution >= 0.6 is 11.8 Å². The molecule has 1 saturated heterocycles. The minimum absolute atomic E-state index is 0.112. The monoisotopic (exact) mass is 386 g/mol. The molecule has 0 bridgehead atoms. The summed E-state index contributed by atoms with van der Waals surface area (Å²) < 4.78 is 5.26. The summed E-state index contributed by atoms with van der Waals surface area (Å²) in [5, 5.41) is 3.49. The Morgan fingerprint density at radius 1 is 1.26 bits per heavy atom. The van der Waals surface area contributed by atoms with Gasteiger partial charge in [-0.25, -0.2) is 9.97 Å². The summed E-state index contributed by atoms with van der Waals surface area (Å²) >= 11 is 1.34. The quantitative estimate of drug-likeness (QED) is 0.603. The summed E-state index contributed by atoms with van der Waals surface area (Å²) in [6.07, 6.45) is 3.03. The standard InChI is InChI=1S/C20H26N4O2S/c1-14-10-15(2)12-24(11-14)18-8-9-21-20(23-18)27-13-19(25)22-16-6-4-5-7-17(16)26-3/h4-9,14-15H,10-13H2,1-3H3,(H,22,25). The van der Waals surface area contributed by atoms with Gasteiger partial charge in [0.1, 0.15) is 11.6 Å². The lowest BCUT2D eigenvalue weighted by Gasteiger charge is -2.35. The summed E-state index contributed by atoms with van der Waals surface area (Å²) in [6.45, 7) is 6.59. The first-order chi connectivity index (χ1) is 13.0. The lowest BCUT2D eigenvalue weighted by atomic mass is 9.92. The van der Waals surface area contributed by atoms with Crippen molar-refractivity contribution in [3.05, 3.63) is 36.5 Å². The van der Waals surface area contributed by atoms with E-state index in [9.17, 15) is 4.79 Å². The molecule has 0 spiro atoms. The number of hydrogen-bond donors (Lipinski definition) is 1. The number of rotatable bonds is 6. The minimum atomic E-state index is -0.112. The van der Waals surface area contributed by atoms with Crippen LogP contribution < -0.4 is 15.0 Å². The van der Waals surface area contributed by atoms with Gasteiger partial charge in [0.2, 0.25) is 5.91 Å². The number of nitrogens with zero attached hydrogens (tertiary/aromatic N) is 3. The highest BCUT2D eigenvalue weighted by Crippen LogP contribution is 2.26. The third kappa shape index (κ3) is 5.35. The molecule has 2 heterocycles. The molecule has 1 fully saturated rings. The maximum absolute atomic E-state index is 12.3. The van der Waals surface area contributed by atoms with E-state index >= 15 is 0 Å². The Morgan fingerprint density at radius 2 is 2.00 bits per heavy atom. The van der Waals surface area contributed by atoms with Gasteiger partial charge in [-0.2, -0.15) is 0 Å².